The Morgan fingerprint density at radius 1 is 1.39 bits per heavy atom. The number of rotatable bonds is 8. The SMILES string of the molecule is Cn1nnnc1SCC1=C(C(=O)O)N2C(=O)C(NC(=O)CSc3nc(N)cc(=O)[nH]3)[C@H]2SC1. The smallest absolute Gasteiger partial charge is 0.352 e. The lowest BCUT2D eigenvalue weighted by molar-refractivity contribution is -0.150. The third kappa shape index (κ3) is 4.83. The molecule has 2 atom stereocenters. The summed E-state index contributed by atoms with van der Waals surface area (Å²) in [6.45, 7) is 0. The van der Waals surface area contributed by atoms with E-state index >= 15 is 0 Å². The van der Waals surface area contributed by atoms with Crippen LogP contribution in [0.2, 0.25) is 0 Å². The van der Waals surface area contributed by atoms with Gasteiger partial charge in [0.05, 0.1) is 5.75 Å². The van der Waals surface area contributed by atoms with Crippen LogP contribution in [0.25, 0.3) is 0 Å². The number of β-lactam (4-membered cyclic amide) rings is 1. The van der Waals surface area contributed by atoms with Crippen LogP contribution in [0.5, 0.6) is 0 Å². The molecule has 1 fully saturated rings. The highest BCUT2D eigenvalue weighted by Crippen LogP contribution is 2.41. The topological polar surface area (TPSA) is 202 Å². The summed E-state index contributed by atoms with van der Waals surface area (Å²) >= 11 is 3.60. The number of nitrogens with zero attached hydrogens (tertiary/aromatic N) is 6. The quantitative estimate of drug-likeness (QED) is 0.181. The number of carbonyl (C=O) groups is 3. The molecule has 0 saturated carbocycles. The Hall–Kier alpha value is -3.05. The fraction of sp³-hybridized carbons (Fsp3) is 0.375. The van der Waals surface area contributed by atoms with Crippen molar-refractivity contribution < 1.29 is 19.5 Å². The number of carboxylic acids is 1. The molecule has 5 N–H and O–H groups in total. The highest BCUT2D eigenvalue weighted by molar-refractivity contribution is 8.01. The molecule has 2 aliphatic rings. The van der Waals surface area contributed by atoms with Crippen molar-refractivity contribution in [2.45, 2.75) is 21.7 Å². The van der Waals surface area contributed by atoms with Gasteiger partial charge in [0.2, 0.25) is 11.1 Å². The number of anilines is 1. The van der Waals surface area contributed by atoms with Gasteiger partial charge in [-0.25, -0.2) is 14.5 Å². The predicted octanol–water partition coefficient (Wildman–Crippen LogP) is -1.50. The minimum atomic E-state index is -1.21. The van der Waals surface area contributed by atoms with E-state index < -0.39 is 34.8 Å². The number of nitrogens with one attached hydrogen (secondary N) is 2. The van der Waals surface area contributed by atoms with E-state index in [4.69, 9.17) is 5.73 Å². The Kier molecular flexibility index (Phi) is 6.61. The van der Waals surface area contributed by atoms with E-state index in [1.165, 1.54) is 33.1 Å². The molecule has 2 amide bonds. The molecule has 33 heavy (non-hydrogen) atoms. The maximum atomic E-state index is 12.7. The number of carbonyl (C=O) groups excluding carboxylic acids is 2. The molecule has 0 aliphatic carbocycles. The number of H-pyrrole nitrogens is 1. The summed E-state index contributed by atoms with van der Waals surface area (Å²) in [7, 11) is 1.67. The summed E-state index contributed by atoms with van der Waals surface area (Å²) in [5, 5.41) is 23.7. The summed E-state index contributed by atoms with van der Waals surface area (Å²) in [6.07, 6.45) is 0. The van der Waals surface area contributed by atoms with Crippen molar-refractivity contribution in [2.75, 3.05) is 23.0 Å². The van der Waals surface area contributed by atoms with Crippen molar-refractivity contribution in [2.24, 2.45) is 7.05 Å². The van der Waals surface area contributed by atoms with E-state index in [1.54, 1.807) is 7.05 Å². The Morgan fingerprint density at radius 2 is 2.18 bits per heavy atom. The fourth-order valence-corrected chi connectivity index (χ4v) is 6.19. The fourth-order valence-electron chi connectivity index (χ4n) is 3.16. The second kappa shape index (κ2) is 9.44. The molecule has 0 radical (unpaired) electrons. The van der Waals surface area contributed by atoms with Gasteiger partial charge in [0.25, 0.3) is 11.5 Å². The van der Waals surface area contributed by atoms with Gasteiger partial charge in [-0.15, -0.1) is 16.9 Å². The number of carboxylic acid groups (broad SMARTS) is 1. The highest BCUT2D eigenvalue weighted by Gasteiger charge is 2.54. The Morgan fingerprint density at radius 3 is 2.85 bits per heavy atom. The first kappa shape index (κ1) is 23.1. The van der Waals surface area contributed by atoms with Crippen molar-refractivity contribution in [3.05, 3.63) is 27.7 Å². The van der Waals surface area contributed by atoms with Crippen molar-refractivity contribution in [1.29, 1.82) is 0 Å². The second-order valence-electron chi connectivity index (χ2n) is 6.85. The summed E-state index contributed by atoms with van der Waals surface area (Å²) in [5.74, 6) is -1.56. The third-order valence-corrected chi connectivity index (χ3v) is 7.91. The molecule has 0 spiro atoms. The van der Waals surface area contributed by atoms with Gasteiger partial charge < -0.3 is 21.1 Å². The lowest BCUT2D eigenvalue weighted by Gasteiger charge is -2.49. The lowest BCUT2D eigenvalue weighted by Crippen LogP contribution is -2.70. The first-order valence-electron chi connectivity index (χ1n) is 9.28. The monoisotopic (exact) mass is 511 g/mol. The second-order valence-corrected chi connectivity index (χ2v) is 9.86. The average molecular weight is 512 g/mol. The van der Waals surface area contributed by atoms with E-state index in [-0.39, 0.29) is 22.4 Å². The summed E-state index contributed by atoms with van der Waals surface area (Å²) in [6, 6.07) is 0.277. The number of amides is 2. The number of hydrogen-bond acceptors (Lipinski definition) is 12. The van der Waals surface area contributed by atoms with Crippen LogP contribution in [0.3, 0.4) is 0 Å². The molecule has 14 nitrogen and oxygen atoms in total. The molecule has 0 bridgehead atoms. The molecule has 2 aromatic heterocycles. The Bertz CT molecular complexity index is 1210. The zero-order chi connectivity index (χ0) is 23.7. The number of aromatic amines is 1. The van der Waals surface area contributed by atoms with Gasteiger partial charge in [0, 0.05) is 24.6 Å². The van der Waals surface area contributed by atoms with E-state index in [2.05, 4.69) is 30.8 Å². The van der Waals surface area contributed by atoms with E-state index in [9.17, 15) is 24.3 Å². The van der Waals surface area contributed by atoms with Crippen LogP contribution in [0, 0.1) is 0 Å². The summed E-state index contributed by atoms with van der Waals surface area (Å²) < 4.78 is 1.47. The summed E-state index contributed by atoms with van der Waals surface area (Å²) in [5.41, 5.74) is 5.57. The van der Waals surface area contributed by atoms with Gasteiger partial charge in [0.1, 0.15) is 22.9 Å². The Balaban J connectivity index is 1.39. The molecule has 2 aliphatic heterocycles. The molecule has 4 rings (SSSR count). The minimum absolute atomic E-state index is 0.0301. The third-order valence-electron chi connectivity index (χ3n) is 4.60. The number of aliphatic carboxylic acids is 1. The zero-order valence-corrected chi connectivity index (χ0v) is 19.4. The van der Waals surface area contributed by atoms with Crippen LogP contribution in [-0.2, 0) is 21.4 Å². The molecule has 17 heteroatoms. The van der Waals surface area contributed by atoms with Crippen LogP contribution in [0.15, 0.2) is 32.4 Å². The lowest BCUT2D eigenvalue weighted by atomic mass is 10.0. The zero-order valence-electron chi connectivity index (χ0n) is 16.9. The first-order valence-corrected chi connectivity index (χ1v) is 12.3. The van der Waals surface area contributed by atoms with Crippen LogP contribution < -0.4 is 16.6 Å². The van der Waals surface area contributed by atoms with Gasteiger partial charge in [-0.2, -0.15) is 0 Å². The molecule has 1 saturated heterocycles. The van der Waals surface area contributed by atoms with E-state index in [0.717, 1.165) is 17.8 Å². The highest BCUT2D eigenvalue weighted by atomic mass is 32.2. The molecular formula is C16H17N9O5S3. The van der Waals surface area contributed by atoms with Crippen LogP contribution in [0.4, 0.5) is 5.82 Å². The molecule has 0 aromatic carbocycles. The van der Waals surface area contributed by atoms with E-state index in [1.807, 2.05) is 0 Å². The van der Waals surface area contributed by atoms with Crippen LogP contribution in [0.1, 0.15) is 0 Å². The number of fused-ring (bicyclic) bond motifs is 1. The Labute approximate surface area is 198 Å². The van der Waals surface area contributed by atoms with Gasteiger partial charge in [0.15, 0.2) is 5.16 Å². The number of aryl methyl sites for hydroxylation is 1. The predicted molar refractivity (Wildman–Crippen MR) is 119 cm³/mol. The maximum Gasteiger partial charge on any atom is 0.352 e. The largest absolute Gasteiger partial charge is 0.477 e. The maximum absolute atomic E-state index is 12.7. The van der Waals surface area contributed by atoms with Crippen LogP contribution >= 0.6 is 35.3 Å². The number of nitrogen functional groups attached to an aromatic ring is 1. The van der Waals surface area contributed by atoms with Crippen molar-refractivity contribution in [1.82, 2.24) is 40.4 Å². The van der Waals surface area contributed by atoms with Gasteiger partial charge in [-0.1, -0.05) is 23.5 Å². The number of thioether (sulfide) groups is 3. The van der Waals surface area contributed by atoms with Crippen molar-refractivity contribution in [3.63, 3.8) is 0 Å². The number of aromatic nitrogens is 6. The first-order chi connectivity index (χ1) is 15.7. The average Bonchev–Trinajstić information content (AvgIpc) is 3.17. The molecule has 4 heterocycles. The van der Waals surface area contributed by atoms with E-state index in [0.29, 0.717) is 22.2 Å². The van der Waals surface area contributed by atoms with Crippen molar-refractivity contribution in [3.8, 4) is 0 Å². The number of nitrogens with two attached hydrogens (primary N) is 1. The normalized spacial score (nSPS) is 19.8. The van der Waals surface area contributed by atoms with Crippen molar-refractivity contribution >= 4 is 58.9 Å². The number of hydrogen-bond donors (Lipinski definition) is 4. The molecule has 1 unspecified atom stereocenters. The van der Waals surface area contributed by atoms with Gasteiger partial charge in [-0.05, 0) is 16.0 Å². The number of tetrazole rings is 1. The van der Waals surface area contributed by atoms with Gasteiger partial charge in [-0.3, -0.25) is 19.3 Å². The van der Waals surface area contributed by atoms with Gasteiger partial charge >= 0.3 is 5.97 Å². The molecular weight excluding hydrogens is 494 g/mol. The molecule has 174 valence electrons. The summed E-state index contributed by atoms with van der Waals surface area (Å²) in [4.78, 5) is 56.0. The standard InChI is InChI=1S/C16H17N9O5S3/c1-24-16(21-22-23-24)33-4-6-3-31-13-10(12(28)25(13)11(6)14(29)30)19-9(27)5-32-15-18-7(17)2-8(26)20-15/h2,10,13H,3-5H2,1H3,(H,19,27)(H,29,30)(H3,17,18,20,26)/t10?,13-/m1/s1. The minimum Gasteiger partial charge on any atom is -0.477 e. The van der Waals surface area contributed by atoms with Crippen LogP contribution in [-0.4, -0.2) is 86.6 Å². The molecule has 2 aromatic rings.